The van der Waals surface area contributed by atoms with Gasteiger partial charge in [0.2, 0.25) is 6.29 Å². The van der Waals surface area contributed by atoms with E-state index in [2.05, 4.69) is 11.6 Å². The minimum atomic E-state index is -1.99. The molecule has 0 bridgehead atoms. The number of carbonyl (C=O) groups excluding carboxylic acids is 2. The van der Waals surface area contributed by atoms with E-state index < -0.39 is 59.9 Å². The number of hydrogen-bond donors (Lipinski definition) is 2. The second kappa shape index (κ2) is 11.1. The number of rotatable bonds is 8. The van der Waals surface area contributed by atoms with Crippen LogP contribution in [0.1, 0.15) is 64.9 Å². The number of hydrogen-bond acceptors (Lipinski definition) is 7. The van der Waals surface area contributed by atoms with E-state index in [1.54, 1.807) is 19.1 Å². The summed E-state index contributed by atoms with van der Waals surface area (Å²) in [5.41, 5.74) is -2.17. The van der Waals surface area contributed by atoms with E-state index in [4.69, 9.17) is 9.47 Å². The van der Waals surface area contributed by atoms with E-state index in [-0.39, 0.29) is 18.1 Å². The van der Waals surface area contributed by atoms with Crippen molar-refractivity contribution in [2.24, 2.45) is 23.2 Å². The Bertz CT molecular complexity index is 1380. The summed E-state index contributed by atoms with van der Waals surface area (Å²) in [5, 5.41) is 21.4. The molecular weight excluding hydrogens is 525 g/mol. The Balaban J connectivity index is 1.45. The fraction of sp³-hybridized carbons (Fsp3) is 0.545. The van der Waals surface area contributed by atoms with Gasteiger partial charge >= 0.3 is 0 Å². The van der Waals surface area contributed by atoms with E-state index in [1.165, 1.54) is 6.08 Å². The monoisotopic (exact) mass is 565 g/mol. The zero-order valence-electron chi connectivity index (χ0n) is 24.0. The number of Topliss-reactive ketones (excluding diaryl/α,β-unsaturated/α-hetero) is 1. The van der Waals surface area contributed by atoms with Crippen molar-refractivity contribution < 1.29 is 33.7 Å². The highest BCUT2D eigenvalue weighted by Gasteiger charge is 2.67. The van der Waals surface area contributed by atoms with E-state index >= 15 is 4.39 Å². The number of fused-ring (bicyclic) bond motifs is 2. The molecule has 2 aromatic rings. The zero-order valence-corrected chi connectivity index (χ0v) is 24.0. The van der Waals surface area contributed by atoms with Crippen LogP contribution in [-0.4, -0.2) is 57.4 Å². The lowest BCUT2D eigenvalue weighted by atomic mass is 9.68. The summed E-state index contributed by atoms with van der Waals surface area (Å²) >= 11 is 0. The smallest absolute Gasteiger partial charge is 0.202 e. The number of aliphatic hydroxyl groups is 2. The number of aliphatic hydroxyl groups excluding tert-OH is 2. The van der Waals surface area contributed by atoms with Crippen molar-refractivity contribution in [2.75, 3.05) is 13.2 Å². The number of nitrogens with zero attached hydrogens (tertiary/aromatic N) is 1. The molecule has 2 aliphatic carbocycles. The molecule has 0 radical (unpaired) electrons. The summed E-state index contributed by atoms with van der Waals surface area (Å²) in [6, 6.07) is 11.4. The highest BCUT2D eigenvalue weighted by Crippen LogP contribution is 2.59. The number of halogens is 1. The minimum Gasteiger partial charge on any atom is -0.393 e. The summed E-state index contributed by atoms with van der Waals surface area (Å²) < 4.78 is 29.7. The molecule has 8 heteroatoms. The number of ether oxygens (including phenoxy) is 2. The number of benzene rings is 1. The van der Waals surface area contributed by atoms with E-state index in [0.29, 0.717) is 31.4 Å². The normalized spacial score (nSPS) is 37.4. The molecule has 41 heavy (non-hydrogen) atoms. The first-order valence-corrected chi connectivity index (χ1v) is 14.5. The van der Waals surface area contributed by atoms with Gasteiger partial charge in [0.25, 0.3) is 0 Å². The summed E-state index contributed by atoms with van der Waals surface area (Å²) in [7, 11) is 0. The van der Waals surface area contributed by atoms with Crippen LogP contribution >= 0.6 is 0 Å². The molecule has 3 fully saturated rings. The first kappa shape index (κ1) is 29.7. The molecule has 3 aliphatic rings. The Morgan fingerprint density at radius 1 is 1.22 bits per heavy atom. The molecule has 7 nitrogen and oxygen atoms in total. The molecule has 1 aromatic heterocycles. The summed E-state index contributed by atoms with van der Waals surface area (Å²) in [6.45, 7) is 8.29. The SMILES string of the molecule is C=C1CC[C@@H]([C@@H]2C[C@H]3OC(c4ccc5ccccc5n4)O[C@@]3(C(=O)CO)C2C)[C@](F)(CO)CC1(C)/C=C\C(=O)CC. The van der Waals surface area contributed by atoms with Gasteiger partial charge in [0.15, 0.2) is 17.2 Å². The molecule has 2 saturated carbocycles. The highest BCUT2D eigenvalue weighted by atomic mass is 19.1. The number of alkyl halides is 1. The average molecular weight is 566 g/mol. The van der Waals surface area contributed by atoms with Gasteiger partial charge in [-0.1, -0.05) is 63.3 Å². The molecule has 220 valence electrons. The minimum absolute atomic E-state index is 0.0341. The maximum Gasteiger partial charge on any atom is 0.202 e. The number of aromatic nitrogens is 1. The van der Waals surface area contributed by atoms with Crippen LogP contribution in [0.2, 0.25) is 0 Å². The summed E-state index contributed by atoms with van der Waals surface area (Å²) in [4.78, 5) is 30.1. The fourth-order valence-electron chi connectivity index (χ4n) is 7.49. The average Bonchev–Trinajstić information content (AvgIpc) is 3.46. The molecule has 3 unspecified atom stereocenters. The third-order valence-corrected chi connectivity index (χ3v) is 9.97. The Morgan fingerprint density at radius 3 is 2.68 bits per heavy atom. The van der Waals surface area contributed by atoms with Crippen molar-refractivity contribution in [1.82, 2.24) is 4.98 Å². The third kappa shape index (κ3) is 4.99. The van der Waals surface area contributed by atoms with Crippen molar-refractivity contribution in [3.05, 3.63) is 66.4 Å². The quantitative estimate of drug-likeness (QED) is 0.257. The van der Waals surface area contributed by atoms with E-state index in [0.717, 1.165) is 16.5 Å². The molecule has 0 amide bonds. The molecule has 2 N–H and O–H groups in total. The molecule has 1 aliphatic heterocycles. The molecule has 8 atom stereocenters. The number of pyridine rings is 1. The number of para-hydroxylation sites is 1. The first-order valence-electron chi connectivity index (χ1n) is 14.5. The molecule has 1 aromatic carbocycles. The first-order chi connectivity index (χ1) is 19.5. The van der Waals surface area contributed by atoms with Crippen LogP contribution < -0.4 is 0 Å². The van der Waals surface area contributed by atoms with Gasteiger partial charge < -0.3 is 19.7 Å². The molecule has 2 heterocycles. The van der Waals surface area contributed by atoms with Gasteiger partial charge in [-0.15, -0.1) is 0 Å². The topological polar surface area (TPSA) is 106 Å². The van der Waals surface area contributed by atoms with Crippen molar-refractivity contribution in [3.8, 4) is 0 Å². The number of ketones is 2. The lowest BCUT2D eigenvalue weighted by Gasteiger charge is -2.41. The van der Waals surface area contributed by atoms with Gasteiger partial charge in [-0.2, -0.15) is 0 Å². The predicted molar refractivity (Wildman–Crippen MR) is 152 cm³/mol. The Morgan fingerprint density at radius 2 is 1.98 bits per heavy atom. The van der Waals surface area contributed by atoms with E-state index in [9.17, 15) is 19.8 Å². The number of carbonyl (C=O) groups is 2. The summed E-state index contributed by atoms with van der Waals surface area (Å²) in [5.74, 6) is -2.04. The van der Waals surface area contributed by atoms with Crippen molar-refractivity contribution in [3.63, 3.8) is 0 Å². The largest absolute Gasteiger partial charge is 0.393 e. The molecular formula is C33H40FNO6. The van der Waals surface area contributed by atoms with Crippen molar-refractivity contribution in [1.29, 1.82) is 0 Å². The molecule has 5 rings (SSSR count). The van der Waals surface area contributed by atoms with Crippen LogP contribution in [-0.2, 0) is 19.1 Å². The standard InChI is InChI=1S/C33H40FNO6/c1-5-23(38)14-15-31(4)18-32(34,19-37)25(12-10-20(31)2)24-16-29-33(21(24)3,28(39)17-36)41-30(40-29)27-13-11-22-8-6-7-9-26(22)35-27/h6-9,11,13-15,21,24-25,29-30,36-37H,2,5,10,12,16-19H2,1,3-4H3/b15-14-/t21?,24-,25+,29-,30?,31?,32-,33-/m1/s1. The molecule has 1 saturated heterocycles. The van der Waals surface area contributed by atoms with Gasteiger partial charge in [-0.25, -0.2) is 9.37 Å². The van der Waals surface area contributed by atoms with Gasteiger partial charge in [0.05, 0.1) is 23.9 Å². The lowest BCUT2D eigenvalue weighted by molar-refractivity contribution is -0.161. The van der Waals surface area contributed by atoms with Gasteiger partial charge in [0, 0.05) is 17.2 Å². The maximum absolute atomic E-state index is 17.0. The van der Waals surface area contributed by atoms with Crippen LogP contribution in [0.3, 0.4) is 0 Å². The highest BCUT2D eigenvalue weighted by molar-refractivity contribution is 5.90. The van der Waals surface area contributed by atoms with Gasteiger partial charge in [0.1, 0.15) is 12.3 Å². The second-order valence-corrected chi connectivity index (χ2v) is 12.3. The van der Waals surface area contributed by atoms with Crippen molar-refractivity contribution >= 4 is 22.5 Å². The Hall–Kier alpha value is -2.78. The summed E-state index contributed by atoms with van der Waals surface area (Å²) in [6.07, 6.45) is 3.18. The maximum atomic E-state index is 17.0. The van der Waals surface area contributed by atoms with Crippen molar-refractivity contribution in [2.45, 2.75) is 76.5 Å². The number of allylic oxidation sites excluding steroid dienone is 3. The van der Waals surface area contributed by atoms with Gasteiger partial charge in [-0.05, 0) is 61.6 Å². The molecule has 0 spiro atoms. The van der Waals surface area contributed by atoms with Gasteiger partial charge in [-0.3, -0.25) is 9.59 Å². The van der Waals surface area contributed by atoms with Crippen LogP contribution in [0, 0.1) is 23.2 Å². The van der Waals surface area contributed by atoms with Crippen LogP contribution in [0.4, 0.5) is 4.39 Å². The second-order valence-electron chi connectivity index (χ2n) is 12.3. The third-order valence-electron chi connectivity index (χ3n) is 9.97. The van der Waals surface area contributed by atoms with Crippen LogP contribution in [0.25, 0.3) is 10.9 Å². The Labute approximate surface area is 240 Å². The zero-order chi connectivity index (χ0) is 29.6. The van der Waals surface area contributed by atoms with Crippen LogP contribution in [0.15, 0.2) is 60.7 Å². The Kier molecular flexibility index (Phi) is 8.07. The lowest BCUT2D eigenvalue weighted by Crippen LogP contribution is -2.51. The van der Waals surface area contributed by atoms with Crippen LogP contribution in [0.5, 0.6) is 0 Å². The predicted octanol–water partition coefficient (Wildman–Crippen LogP) is 5.20. The fourth-order valence-corrected chi connectivity index (χ4v) is 7.49. The van der Waals surface area contributed by atoms with E-state index in [1.807, 2.05) is 44.2 Å².